The van der Waals surface area contributed by atoms with Crippen molar-refractivity contribution in [2.75, 3.05) is 13.1 Å². The van der Waals surface area contributed by atoms with Crippen LogP contribution in [0.25, 0.3) is 21.5 Å². The molecule has 0 radical (unpaired) electrons. The van der Waals surface area contributed by atoms with Crippen molar-refractivity contribution in [2.24, 2.45) is 5.73 Å². The third-order valence-electron chi connectivity index (χ3n) is 7.14. The molecule has 0 spiro atoms. The molecule has 1 aliphatic carbocycles. The number of likely N-dealkylation sites (tertiary alicyclic amines) is 1. The molecule has 2 fully saturated rings. The van der Waals surface area contributed by atoms with Gasteiger partial charge in [0.1, 0.15) is 11.4 Å². The molecule has 7 nitrogen and oxygen atoms in total. The molecule has 3 aromatic heterocycles. The lowest BCUT2D eigenvalue weighted by Gasteiger charge is -2.34. The minimum atomic E-state index is -0.972. The van der Waals surface area contributed by atoms with E-state index < -0.39 is 5.97 Å². The Labute approximate surface area is 219 Å². The van der Waals surface area contributed by atoms with Gasteiger partial charge in [0.05, 0.1) is 15.8 Å². The fourth-order valence-electron chi connectivity index (χ4n) is 5.22. The molecule has 36 heavy (non-hydrogen) atoms. The fraction of sp³-hybridized carbons (Fsp3) is 0.407. The summed E-state index contributed by atoms with van der Waals surface area (Å²) < 4.78 is 7.76. The van der Waals surface area contributed by atoms with Crippen molar-refractivity contribution >= 4 is 39.8 Å². The van der Waals surface area contributed by atoms with Crippen LogP contribution in [-0.4, -0.2) is 50.9 Å². The monoisotopic (exact) mass is 526 g/mol. The van der Waals surface area contributed by atoms with Crippen LogP contribution < -0.4 is 5.73 Å². The van der Waals surface area contributed by atoms with Crippen molar-refractivity contribution in [3.8, 4) is 10.6 Å². The van der Waals surface area contributed by atoms with E-state index in [1.807, 2.05) is 36.4 Å². The smallest absolute Gasteiger partial charge is 0.352 e. The standard InChI is InChI=1S/C17H11ClN2O3S.C10H20N2/c18-16-6-5-15(24-16)14-8-11(19-23-14)9-20-12-4-2-1-3-10(12)7-13(20)17(21)22;11-9-5-7-12(8-6-9)10-3-1-2-4-10/h1-8H,9H2,(H,21,22);9-10H,1-8,11H2. The van der Waals surface area contributed by atoms with Gasteiger partial charge in [0, 0.05) is 29.1 Å². The SMILES string of the molecule is NC1CCN(C2CCCC2)CC1.O=C(O)c1cc2ccccc2n1Cc1cc(-c2ccc(Cl)s2)on1. The Bertz CT molecular complexity index is 1320. The van der Waals surface area contributed by atoms with Gasteiger partial charge in [-0.05, 0) is 63.0 Å². The van der Waals surface area contributed by atoms with Crippen LogP contribution in [0, 0.1) is 0 Å². The van der Waals surface area contributed by atoms with E-state index >= 15 is 0 Å². The highest BCUT2D eigenvalue weighted by atomic mass is 35.5. The van der Waals surface area contributed by atoms with Crippen molar-refractivity contribution in [3.05, 3.63) is 64.3 Å². The zero-order valence-electron chi connectivity index (χ0n) is 20.1. The number of para-hydroxylation sites is 1. The molecular formula is C27H31ClN4O3S. The van der Waals surface area contributed by atoms with Gasteiger partial charge < -0.3 is 24.8 Å². The maximum atomic E-state index is 11.5. The summed E-state index contributed by atoms with van der Waals surface area (Å²) in [5, 5.41) is 14.4. The Morgan fingerprint density at radius 2 is 1.86 bits per heavy atom. The Morgan fingerprint density at radius 1 is 1.11 bits per heavy atom. The third-order valence-corrected chi connectivity index (χ3v) is 8.39. The molecule has 9 heteroatoms. The minimum absolute atomic E-state index is 0.222. The number of nitrogens with two attached hydrogens (primary N) is 1. The van der Waals surface area contributed by atoms with Gasteiger partial charge in [-0.1, -0.05) is 47.8 Å². The molecule has 190 valence electrons. The number of carboxylic acids is 1. The van der Waals surface area contributed by atoms with Gasteiger partial charge in [0.2, 0.25) is 0 Å². The Kier molecular flexibility index (Phi) is 7.76. The number of benzene rings is 1. The largest absolute Gasteiger partial charge is 0.477 e. The first-order valence-electron chi connectivity index (χ1n) is 12.5. The lowest BCUT2D eigenvalue weighted by molar-refractivity contribution is 0.0686. The van der Waals surface area contributed by atoms with Crippen LogP contribution in [0.1, 0.15) is 54.7 Å². The summed E-state index contributed by atoms with van der Waals surface area (Å²) in [6.45, 7) is 2.83. The number of fused-ring (bicyclic) bond motifs is 1. The van der Waals surface area contributed by atoms with Gasteiger partial charge in [0.25, 0.3) is 0 Å². The predicted octanol–water partition coefficient (Wildman–Crippen LogP) is 6.11. The van der Waals surface area contributed by atoms with Crippen LogP contribution in [0.15, 0.2) is 53.1 Å². The second-order valence-corrected chi connectivity index (χ2v) is 11.3. The van der Waals surface area contributed by atoms with Gasteiger partial charge in [-0.25, -0.2) is 4.79 Å². The van der Waals surface area contributed by atoms with Crippen LogP contribution in [0.4, 0.5) is 0 Å². The summed E-state index contributed by atoms with van der Waals surface area (Å²) in [5.74, 6) is -0.352. The molecule has 0 bridgehead atoms. The molecule has 1 saturated carbocycles. The fourth-order valence-corrected chi connectivity index (χ4v) is 6.21. The van der Waals surface area contributed by atoms with Crippen molar-refractivity contribution in [1.82, 2.24) is 14.6 Å². The Morgan fingerprint density at radius 3 is 2.56 bits per heavy atom. The first-order valence-corrected chi connectivity index (χ1v) is 13.7. The molecule has 3 N–H and O–H groups in total. The van der Waals surface area contributed by atoms with Crippen LogP contribution in [-0.2, 0) is 6.54 Å². The first kappa shape index (κ1) is 25.0. The number of rotatable bonds is 5. The second-order valence-electron chi connectivity index (χ2n) is 9.58. The number of thiophene rings is 1. The van der Waals surface area contributed by atoms with Gasteiger partial charge in [-0.2, -0.15) is 0 Å². The minimum Gasteiger partial charge on any atom is -0.477 e. The topological polar surface area (TPSA) is 97.5 Å². The molecular weight excluding hydrogens is 496 g/mol. The third kappa shape index (κ3) is 5.67. The van der Waals surface area contributed by atoms with Crippen LogP contribution in [0.2, 0.25) is 4.34 Å². The number of nitrogens with zero attached hydrogens (tertiary/aromatic N) is 3. The Hall–Kier alpha value is -2.65. The zero-order valence-corrected chi connectivity index (χ0v) is 21.7. The molecule has 4 aromatic rings. The Balaban J connectivity index is 0.000000186. The van der Waals surface area contributed by atoms with Crippen LogP contribution in [0.3, 0.4) is 0 Å². The number of halogens is 1. The summed E-state index contributed by atoms with van der Waals surface area (Å²) in [5.41, 5.74) is 7.59. The number of hydrogen-bond donors (Lipinski definition) is 2. The van der Waals surface area contributed by atoms with Gasteiger partial charge >= 0.3 is 5.97 Å². The van der Waals surface area contributed by atoms with E-state index in [1.54, 1.807) is 16.7 Å². The van der Waals surface area contributed by atoms with Crippen molar-refractivity contribution in [1.29, 1.82) is 0 Å². The zero-order chi connectivity index (χ0) is 25.1. The average molecular weight is 527 g/mol. The molecule has 1 aromatic carbocycles. The normalized spacial score (nSPS) is 17.4. The summed E-state index contributed by atoms with van der Waals surface area (Å²) in [7, 11) is 0. The molecule has 0 atom stereocenters. The summed E-state index contributed by atoms with van der Waals surface area (Å²) in [4.78, 5) is 15.1. The van der Waals surface area contributed by atoms with Crippen molar-refractivity contribution < 1.29 is 14.4 Å². The van der Waals surface area contributed by atoms with E-state index in [1.165, 1.54) is 63.0 Å². The van der Waals surface area contributed by atoms with E-state index in [4.69, 9.17) is 21.9 Å². The first-order chi connectivity index (χ1) is 17.5. The van der Waals surface area contributed by atoms with E-state index in [9.17, 15) is 9.90 Å². The molecule has 1 saturated heterocycles. The molecule has 0 unspecified atom stereocenters. The maximum absolute atomic E-state index is 11.5. The molecule has 4 heterocycles. The highest BCUT2D eigenvalue weighted by Gasteiger charge is 2.25. The number of aromatic nitrogens is 2. The highest BCUT2D eigenvalue weighted by molar-refractivity contribution is 7.19. The summed E-state index contributed by atoms with van der Waals surface area (Å²) >= 11 is 7.34. The molecule has 1 aliphatic heterocycles. The number of carboxylic acid groups (broad SMARTS) is 1. The highest BCUT2D eigenvalue weighted by Crippen LogP contribution is 2.32. The summed E-state index contributed by atoms with van der Waals surface area (Å²) in [6, 6.07) is 16.1. The number of aromatic carboxylic acids is 1. The quantitative estimate of drug-likeness (QED) is 0.325. The van der Waals surface area contributed by atoms with E-state index in [0.717, 1.165) is 21.8 Å². The average Bonchev–Trinajstić information content (AvgIpc) is 3.68. The number of hydrogen-bond acceptors (Lipinski definition) is 6. The van der Waals surface area contributed by atoms with Gasteiger partial charge in [0.15, 0.2) is 5.76 Å². The molecule has 0 amide bonds. The van der Waals surface area contributed by atoms with E-state index in [-0.39, 0.29) is 5.69 Å². The van der Waals surface area contributed by atoms with Crippen molar-refractivity contribution in [2.45, 2.75) is 57.2 Å². The second kappa shape index (κ2) is 11.2. The number of piperidine rings is 1. The van der Waals surface area contributed by atoms with Crippen molar-refractivity contribution in [3.63, 3.8) is 0 Å². The lowest BCUT2D eigenvalue weighted by Crippen LogP contribution is -2.44. The van der Waals surface area contributed by atoms with E-state index in [0.29, 0.717) is 28.4 Å². The van der Waals surface area contributed by atoms with Gasteiger partial charge in [-0.15, -0.1) is 11.3 Å². The summed E-state index contributed by atoms with van der Waals surface area (Å²) in [6.07, 6.45) is 8.22. The number of carbonyl (C=O) groups is 1. The lowest BCUT2D eigenvalue weighted by atomic mass is 10.0. The van der Waals surface area contributed by atoms with E-state index in [2.05, 4.69) is 10.1 Å². The van der Waals surface area contributed by atoms with Gasteiger partial charge in [-0.3, -0.25) is 0 Å². The molecule has 2 aliphatic rings. The van der Waals surface area contributed by atoms with Crippen LogP contribution in [0.5, 0.6) is 0 Å². The van der Waals surface area contributed by atoms with Crippen LogP contribution >= 0.6 is 22.9 Å². The maximum Gasteiger partial charge on any atom is 0.352 e. The predicted molar refractivity (Wildman–Crippen MR) is 144 cm³/mol. The molecule has 6 rings (SSSR count).